The second-order valence-corrected chi connectivity index (χ2v) is 9.38. The largest absolute Gasteiger partial charge is 0.484 e. The van der Waals surface area contributed by atoms with Gasteiger partial charge in [0.05, 0.1) is 0 Å². The number of ether oxygens (including phenoxy) is 2. The van der Waals surface area contributed by atoms with Gasteiger partial charge in [-0.2, -0.15) is 11.8 Å². The summed E-state index contributed by atoms with van der Waals surface area (Å²) in [6.45, 7) is 5.34. The Hall–Kier alpha value is -3.45. The lowest BCUT2D eigenvalue weighted by molar-refractivity contribution is -0.118. The van der Waals surface area contributed by atoms with E-state index >= 15 is 0 Å². The average Bonchev–Trinajstić information content (AvgIpc) is 2.86. The summed E-state index contributed by atoms with van der Waals surface area (Å²) in [7, 11) is 0. The van der Waals surface area contributed by atoms with Crippen molar-refractivity contribution >= 4 is 29.3 Å². The molecule has 1 fully saturated rings. The molecule has 1 saturated heterocycles. The van der Waals surface area contributed by atoms with Crippen molar-refractivity contribution < 1.29 is 19.1 Å². The van der Waals surface area contributed by atoms with Crippen molar-refractivity contribution in [2.45, 2.75) is 13.8 Å². The molecule has 1 aliphatic rings. The number of nitrogens with zero attached hydrogens (tertiary/aromatic N) is 1. The standard InChI is InChI=1S/C27H28N2O4S/c1-19-3-6-23(7-4-19)33-24-10-8-22(9-11-24)32-18-26(30)28-25-12-5-21(17-20(25)2)27(31)29-13-15-34-16-14-29/h3-12,17H,13-16,18H2,1-2H3,(H,28,30). The van der Waals surface area contributed by atoms with Crippen LogP contribution in [0.5, 0.6) is 17.2 Å². The summed E-state index contributed by atoms with van der Waals surface area (Å²) in [5.74, 6) is 3.74. The smallest absolute Gasteiger partial charge is 0.262 e. The number of thioether (sulfide) groups is 1. The minimum Gasteiger partial charge on any atom is -0.484 e. The fraction of sp³-hybridized carbons (Fsp3) is 0.259. The molecule has 0 bridgehead atoms. The molecule has 3 aromatic carbocycles. The van der Waals surface area contributed by atoms with Crippen LogP contribution in [0.1, 0.15) is 21.5 Å². The molecule has 0 spiro atoms. The maximum atomic E-state index is 12.7. The van der Waals surface area contributed by atoms with E-state index in [4.69, 9.17) is 9.47 Å². The highest BCUT2D eigenvalue weighted by atomic mass is 32.2. The van der Waals surface area contributed by atoms with Crippen molar-refractivity contribution in [2.75, 3.05) is 36.5 Å². The highest BCUT2D eigenvalue weighted by Crippen LogP contribution is 2.24. The average molecular weight is 477 g/mol. The molecule has 0 saturated carbocycles. The number of hydrogen-bond donors (Lipinski definition) is 1. The van der Waals surface area contributed by atoms with Gasteiger partial charge in [0.2, 0.25) is 0 Å². The van der Waals surface area contributed by atoms with E-state index in [1.165, 1.54) is 5.56 Å². The van der Waals surface area contributed by atoms with Crippen LogP contribution in [0.2, 0.25) is 0 Å². The SMILES string of the molecule is Cc1ccc(Oc2ccc(OCC(=O)Nc3ccc(C(=O)N4CCSCC4)cc3C)cc2)cc1. The van der Waals surface area contributed by atoms with Gasteiger partial charge in [0.1, 0.15) is 17.2 Å². The van der Waals surface area contributed by atoms with E-state index in [9.17, 15) is 9.59 Å². The molecule has 7 heteroatoms. The molecule has 0 aliphatic carbocycles. The summed E-state index contributed by atoms with van der Waals surface area (Å²) < 4.78 is 11.4. The summed E-state index contributed by atoms with van der Waals surface area (Å²) in [6, 6.07) is 20.3. The van der Waals surface area contributed by atoms with Crippen LogP contribution in [-0.4, -0.2) is 47.9 Å². The summed E-state index contributed by atoms with van der Waals surface area (Å²) >= 11 is 1.87. The molecule has 6 nitrogen and oxygen atoms in total. The quantitative estimate of drug-likeness (QED) is 0.501. The van der Waals surface area contributed by atoms with Crippen molar-refractivity contribution in [1.29, 1.82) is 0 Å². The molecule has 1 heterocycles. The van der Waals surface area contributed by atoms with Gasteiger partial charge in [-0.3, -0.25) is 9.59 Å². The fourth-order valence-electron chi connectivity index (χ4n) is 3.57. The van der Waals surface area contributed by atoms with E-state index in [0.717, 1.165) is 35.9 Å². The van der Waals surface area contributed by atoms with Crippen LogP contribution in [0.3, 0.4) is 0 Å². The van der Waals surface area contributed by atoms with Crippen LogP contribution < -0.4 is 14.8 Å². The van der Waals surface area contributed by atoms with E-state index in [2.05, 4.69) is 5.32 Å². The number of aryl methyl sites for hydroxylation is 2. The van der Waals surface area contributed by atoms with Gasteiger partial charge >= 0.3 is 0 Å². The third kappa shape index (κ3) is 6.32. The van der Waals surface area contributed by atoms with Crippen molar-refractivity contribution in [2.24, 2.45) is 0 Å². The summed E-state index contributed by atoms with van der Waals surface area (Å²) in [4.78, 5) is 27.0. The Morgan fingerprint density at radius 1 is 0.882 bits per heavy atom. The van der Waals surface area contributed by atoms with Gasteiger partial charge in [-0.05, 0) is 74.0 Å². The Kier molecular flexibility index (Phi) is 7.75. The lowest BCUT2D eigenvalue weighted by Crippen LogP contribution is -2.37. The Bertz CT molecular complexity index is 1140. The monoisotopic (exact) mass is 476 g/mol. The van der Waals surface area contributed by atoms with Gasteiger partial charge in [-0.15, -0.1) is 0 Å². The number of carbonyl (C=O) groups is 2. The Labute approximate surface area is 204 Å². The molecule has 0 aromatic heterocycles. The number of carbonyl (C=O) groups excluding carboxylic acids is 2. The Morgan fingerprint density at radius 3 is 2.15 bits per heavy atom. The summed E-state index contributed by atoms with van der Waals surface area (Å²) in [6.07, 6.45) is 0. The van der Waals surface area contributed by atoms with E-state index < -0.39 is 0 Å². The molecular formula is C27H28N2O4S. The first-order chi connectivity index (χ1) is 16.5. The van der Waals surface area contributed by atoms with E-state index in [0.29, 0.717) is 22.7 Å². The van der Waals surface area contributed by atoms with Crippen LogP contribution in [0.25, 0.3) is 0 Å². The summed E-state index contributed by atoms with van der Waals surface area (Å²) in [5.41, 5.74) is 3.32. The number of rotatable bonds is 7. The number of hydrogen-bond acceptors (Lipinski definition) is 5. The molecule has 0 atom stereocenters. The highest BCUT2D eigenvalue weighted by molar-refractivity contribution is 7.99. The lowest BCUT2D eigenvalue weighted by Gasteiger charge is -2.26. The van der Waals surface area contributed by atoms with Crippen molar-refractivity contribution in [3.8, 4) is 17.2 Å². The van der Waals surface area contributed by atoms with Gasteiger partial charge in [0, 0.05) is 35.8 Å². The maximum Gasteiger partial charge on any atom is 0.262 e. The van der Waals surface area contributed by atoms with Crippen LogP contribution >= 0.6 is 11.8 Å². The summed E-state index contributed by atoms with van der Waals surface area (Å²) in [5, 5.41) is 2.86. The first-order valence-electron chi connectivity index (χ1n) is 11.2. The van der Waals surface area contributed by atoms with Crippen LogP contribution in [-0.2, 0) is 4.79 Å². The fourth-order valence-corrected chi connectivity index (χ4v) is 4.47. The highest BCUT2D eigenvalue weighted by Gasteiger charge is 2.19. The van der Waals surface area contributed by atoms with E-state index in [-0.39, 0.29) is 18.4 Å². The predicted molar refractivity (Wildman–Crippen MR) is 136 cm³/mol. The maximum absolute atomic E-state index is 12.7. The zero-order valence-electron chi connectivity index (χ0n) is 19.4. The number of amides is 2. The lowest BCUT2D eigenvalue weighted by atomic mass is 10.1. The second-order valence-electron chi connectivity index (χ2n) is 8.16. The minimum absolute atomic E-state index is 0.0411. The van der Waals surface area contributed by atoms with Crippen molar-refractivity contribution in [1.82, 2.24) is 4.90 Å². The molecule has 1 aliphatic heterocycles. The second kappa shape index (κ2) is 11.1. The third-order valence-electron chi connectivity index (χ3n) is 5.50. The van der Waals surface area contributed by atoms with Crippen molar-refractivity contribution in [3.05, 3.63) is 83.4 Å². The zero-order valence-corrected chi connectivity index (χ0v) is 20.2. The number of anilines is 1. The first-order valence-corrected chi connectivity index (χ1v) is 12.4. The van der Waals surface area contributed by atoms with E-state index in [1.54, 1.807) is 36.4 Å². The molecule has 0 radical (unpaired) electrons. The number of nitrogens with one attached hydrogen (secondary N) is 1. The third-order valence-corrected chi connectivity index (χ3v) is 6.44. The van der Waals surface area contributed by atoms with E-state index in [1.807, 2.05) is 60.8 Å². The minimum atomic E-state index is -0.268. The van der Waals surface area contributed by atoms with Gasteiger partial charge in [0.25, 0.3) is 11.8 Å². The molecule has 34 heavy (non-hydrogen) atoms. The number of benzene rings is 3. The molecule has 0 unspecified atom stereocenters. The normalized spacial score (nSPS) is 13.3. The van der Waals surface area contributed by atoms with Gasteiger partial charge in [-0.1, -0.05) is 17.7 Å². The predicted octanol–water partition coefficient (Wildman–Crippen LogP) is 5.30. The van der Waals surface area contributed by atoms with Crippen molar-refractivity contribution in [3.63, 3.8) is 0 Å². The van der Waals surface area contributed by atoms with Crippen LogP contribution in [0, 0.1) is 13.8 Å². The van der Waals surface area contributed by atoms with Crippen LogP contribution in [0.15, 0.2) is 66.7 Å². The Balaban J connectivity index is 1.28. The topological polar surface area (TPSA) is 67.9 Å². The molecule has 3 aromatic rings. The molecule has 4 rings (SSSR count). The van der Waals surface area contributed by atoms with Crippen LogP contribution in [0.4, 0.5) is 5.69 Å². The molecule has 2 amide bonds. The molecule has 176 valence electrons. The van der Waals surface area contributed by atoms with Gasteiger partial charge < -0.3 is 19.7 Å². The molecule has 1 N–H and O–H groups in total. The zero-order chi connectivity index (χ0) is 23.9. The van der Waals surface area contributed by atoms with Gasteiger partial charge in [0.15, 0.2) is 6.61 Å². The Morgan fingerprint density at radius 2 is 1.50 bits per heavy atom. The van der Waals surface area contributed by atoms with Gasteiger partial charge in [-0.25, -0.2) is 0 Å². The first kappa shape index (κ1) is 23.7. The molecular weight excluding hydrogens is 448 g/mol.